The summed E-state index contributed by atoms with van der Waals surface area (Å²) >= 11 is 0. The molecule has 0 spiro atoms. The molecule has 4 rings (SSSR count). The Morgan fingerprint density at radius 1 is 0.808 bits per heavy atom. The zero-order chi connectivity index (χ0) is 18.3. The zero-order valence-corrected chi connectivity index (χ0v) is 16.4. The van der Waals surface area contributed by atoms with Gasteiger partial charge in [-0.25, -0.2) is 0 Å². The van der Waals surface area contributed by atoms with Gasteiger partial charge in [-0.1, -0.05) is 49.2 Å². The Kier molecular flexibility index (Phi) is 4.52. The van der Waals surface area contributed by atoms with Crippen LogP contribution in [0.5, 0.6) is 0 Å². The summed E-state index contributed by atoms with van der Waals surface area (Å²) in [5.41, 5.74) is 7.75. The number of aryl methyl sites for hydroxylation is 3. The number of rotatable bonds is 3. The highest BCUT2D eigenvalue weighted by molar-refractivity contribution is 5.61. The second kappa shape index (κ2) is 6.83. The number of anilines is 1. The quantitative estimate of drug-likeness (QED) is 0.622. The van der Waals surface area contributed by atoms with E-state index in [-0.39, 0.29) is 6.23 Å². The van der Waals surface area contributed by atoms with E-state index in [1.165, 1.54) is 65.1 Å². The summed E-state index contributed by atoms with van der Waals surface area (Å²) in [7, 11) is 0. The maximum absolute atomic E-state index is 6.73. The van der Waals surface area contributed by atoms with Crippen LogP contribution in [0.1, 0.15) is 61.1 Å². The lowest BCUT2D eigenvalue weighted by Crippen LogP contribution is -2.25. The monoisotopic (exact) mass is 347 g/mol. The third-order valence-corrected chi connectivity index (χ3v) is 6.08. The second-order valence-electron chi connectivity index (χ2n) is 7.86. The van der Waals surface area contributed by atoms with Crippen molar-refractivity contribution in [2.45, 2.75) is 59.6 Å². The van der Waals surface area contributed by atoms with Gasteiger partial charge in [-0.15, -0.1) is 0 Å². The smallest absolute Gasteiger partial charge is 0.202 e. The molecule has 0 saturated heterocycles. The molecule has 2 aromatic rings. The van der Waals surface area contributed by atoms with Crippen molar-refractivity contribution in [3.8, 4) is 0 Å². The molecule has 0 amide bonds. The molecule has 2 nitrogen and oxygen atoms in total. The molecule has 26 heavy (non-hydrogen) atoms. The van der Waals surface area contributed by atoms with Crippen LogP contribution in [0.4, 0.5) is 5.69 Å². The Balaban J connectivity index is 1.84. The molecule has 2 aromatic carbocycles. The molecule has 2 aliphatic rings. The summed E-state index contributed by atoms with van der Waals surface area (Å²) in [6, 6.07) is 15.2. The van der Waals surface area contributed by atoms with Gasteiger partial charge in [-0.05, 0) is 63.3 Å². The summed E-state index contributed by atoms with van der Waals surface area (Å²) in [5, 5.41) is 0. The number of allylic oxidation sites excluding steroid dienone is 2. The SMILES string of the molecule is CC1=C(C2CCCC2)OC(c2c(C)cccc2C)N1c1ccccc1C. The molecule has 0 radical (unpaired) electrons. The topological polar surface area (TPSA) is 12.5 Å². The average Bonchev–Trinajstić information content (AvgIpc) is 3.24. The van der Waals surface area contributed by atoms with E-state index in [1.807, 2.05) is 0 Å². The van der Waals surface area contributed by atoms with Crippen molar-refractivity contribution in [2.24, 2.45) is 5.92 Å². The predicted molar refractivity (Wildman–Crippen MR) is 108 cm³/mol. The maximum Gasteiger partial charge on any atom is 0.202 e. The Morgan fingerprint density at radius 3 is 2.08 bits per heavy atom. The highest BCUT2D eigenvalue weighted by atomic mass is 16.5. The van der Waals surface area contributed by atoms with E-state index in [9.17, 15) is 0 Å². The fourth-order valence-electron chi connectivity index (χ4n) is 4.68. The molecule has 1 aliphatic carbocycles. The molecule has 1 atom stereocenters. The minimum absolute atomic E-state index is 0.0621. The van der Waals surface area contributed by atoms with Gasteiger partial charge in [-0.2, -0.15) is 0 Å². The van der Waals surface area contributed by atoms with Crippen LogP contribution in [-0.2, 0) is 4.74 Å². The number of hydrogen-bond donors (Lipinski definition) is 0. The molecule has 1 heterocycles. The van der Waals surface area contributed by atoms with Crippen LogP contribution in [-0.4, -0.2) is 0 Å². The Labute approximate surface area is 157 Å². The number of nitrogens with zero attached hydrogens (tertiary/aromatic N) is 1. The number of hydrogen-bond acceptors (Lipinski definition) is 2. The summed E-state index contributed by atoms with van der Waals surface area (Å²) in [6.07, 6.45) is 5.10. The number of benzene rings is 2. The van der Waals surface area contributed by atoms with Crippen LogP contribution in [0.25, 0.3) is 0 Å². The van der Waals surface area contributed by atoms with Crippen molar-refractivity contribution in [1.29, 1.82) is 0 Å². The van der Waals surface area contributed by atoms with Crippen molar-refractivity contribution in [2.75, 3.05) is 4.90 Å². The maximum atomic E-state index is 6.73. The van der Waals surface area contributed by atoms with E-state index in [1.54, 1.807) is 0 Å². The van der Waals surface area contributed by atoms with Crippen LogP contribution in [0.15, 0.2) is 53.9 Å². The van der Waals surface area contributed by atoms with Gasteiger partial charge in [0.05, 0.1) is 5.70 Å². The molecule has 1 unspecified atom stereocenters. The molecular weight excluding hydrogens is 318 g/mol. The molecule has 2 heteroatoms. The summed E-state index contributed by atoms with van der Waals surface area (Å²) in [6.45, 7) is 8.83. The van der Waals surface area contributed by atoms with Crippen LogP contribution in [0, 0.1) is 26.7 Å². The van der Waals surface area contributed by atoms with Crippen LogP contribution < -0.4 is 4.90 Å². The Morgan fingerprint density at radius 2 is 1.42 bits per heavy atom. The molecule has 1 saturated carbocycles. The van der Waals surface area contributed by atoms with Crippen LogP contribution in [0.2, 0.25) is 0 Å². The molecule has 1 aliphatic heterocycles. The minimum atomic E-state index is -0.0621. The number of ether oxygens (including phenoxy) is 1. The summed E-state index contributed by atoms with van der Waals surface area (Å²) in [5.74, 6) is 1.80. The zero-order valence-electron chi connectivity index (χ0n) is 16.4. The van der Waals surface area contributed by atoms with E-state index in [2.05, 4.69) is 75.1 Å². The highest BCUT2D eigenvalue weighted by Gasteiger charge is 2.39. The molecule has 0 N–H and O–H groups in total. The third-order valence-electron chi connectivity index (χ3n) is 6.08. The molecule has 0 bridgehead atoms. The average molecular weight is 348 g/mol. The van der Waals surface area contributed by atoms with Crippen LogP contribution in [0.3, 0.4) is 0 Å². The fraction of sp³-hybridized carbons (Fsp3) is 0.417. The van der Waals surface area contributed by atoms with Gasteiger partial charge in [0.2, 0.25) is 6.23 Å². The van der Waals surface area contributed by atoms with Gasteiger partial charge >= 0.3 is 0 Å². The van der Waals surface area contributed by atoms with E-state index in [0.717, 1.165) is 0 Å². The van der Waals surface area contributed by atoms with Crippen LogP contribution >= 0.6 is 0 Å². The van der Waals surface area contributed by atoms with Gasteiger partial charge in [0.1, 0.15) is 5.76 Å². The molecular formula is C24H29NO. The Hall–Kier alpha value is -2.22. The van der Waals surface area contributed by atoms with Crippen molar-refractivity contribution >= 4 is 5.69 Å². The molecule has 136 valence electrons. The predicted octanol–water partition coefficient (Wildman–Crippen LogP) is 6.57. The highest BCUT2D eigenvalue weighted by Crippen LogP contribution is 2.47. The van der Waals surface area contributed by atoms with Crippen molar-refractivity contribution in [3.05, 3.63) is 76.2 Å². The van der Waals surface area contributed by atoms with Gasteiger partial charge in [0, 0.05) is 17.2 Å². The Bertz CT molecular complexity index is 825. The number of para-hydroxylation sites is 1. The van der Waals surface area contributed by atoms with Gasteiger partial charge in [0.25, 0.3) is 0 Å². The third kappa shape index (κ3) is 2.82. The fourth-order valence-corrected chi connectivity index (χ4v) is 4.68. The van der Waals surface area contributed by atoms with Crippen molar-refractivity contribution in [1.82, 2.24) is 0 Å². The minimum Gasteiger partial charge on any atom is -0.468 e. The van der Waals surface area contributed by atoms with Gasteiger partial charge in [0.15, 0.2) is 0 Å². The van der Waals surface area contributed by atoms with E-state index in [0.29, 0.717) is 5.92 Å². The standard InChI is InChI=1S/C24H29NO/c1-16-10-5-8-15-21(16)25-19(4)23(20-13-6-7-14-20)26-24(25)22-17(2)11-9-12-18(22)3/h5,8-12,15,20,24H,6-7,13-14H2,1-4H3. The van der Waals surface area contributed by atoms with Gasteiger partial charge in [-0.3, -0.25) is 0 Å². The van der Waals surface area contributed by atoms with Gasteiger partial charge < -0.3 is 9.64 Å². The van der Waals surface area contributed by atoms with Crippen molar-refractivity contribution < 1.29 is 4.74 Å². The first-order chi connectivity index (χ1) is 12.6. The summed E-state index contributed by atoms with van der Waals surface area (Å²) in [4.78, 5) is 2.43. The molecule has 0 aromatic heterocycles. The lowest BCUT2D eigenvalue weighted by Gasteiger charge is -2.30. The van der Waals surface area contributed by atoms with E-state index < -0.39 is 0 Å². The van der Waals surface area contributed by atoms with E-state index >= 15 is 0 Å². The first kappa shape index (κ1) is 17.2. The first-order valence-corrected chi connectivity index (χ1v) is 9.86. The molecule has 1 fully saturated rings. The van der Waals surface area contributed by atoms with Crippen molar-refractivity contribution in [3.63, 3.8) is 0 Å². The normalized spacial score (nSPS) is 20.8. The van der Waals surface area contributed by atoms with E-state index in [4.69, 9.17) is 4.74 Å². The first-order valence-electron chi connectivity index (χ1n) is 9.86. The lowest BCUT2D eigenvalue weighted by atomic mass is 10.00. The summed E-state index contributed by atoms with van der Waals surface area (Å²) < 4.78 is 6.73. The lowest BCUT2D eigenvalue weighted by molar-refractivity contribution is 0.121. The second-order valence-corrected chi connectivity index (χ2v) is 7.86. The largest absolute Gasteiger partial charge is 0.468 e.